The van der Waals surface area contributed by atoms with E-state index in [1.165, 1.54) is 17.0 Å². The number of phenolic OH excluding ortho intramolecular Hbond substituents is 1. The Hall–Kier alpha value is -5.62. The van der Waals surface area contributed by atoms with Gasteiger partial charge in [0.1, 0.15) is 23.9 Å². The minimum atomic E-state index is -1.28. The fourth-order valence-corrected chi connectivity index (χ4v) is 6.48. The fourth-order valence-electron chi connectivity index (χ4n) is 6.48. The molecule has 0 saturated carbocycles. The Kier molecular flexibility index (Phi) is 9.44. The van der Waals surface area contributed by atoms with Gasteiger partial charge in [-0.3, -0.25) is 14.4 Å². The van der Waals surface area contributed by atoms with E-state index in [4.69, 9.17) is 5.73 Å². The monoisotopic (exact) mass is 650 g/mol. The molecule has 3 amide bonds. The van der Waals surface area contributed by atoms with Gasteiger partial charge in [0, 0.05) is 53.6 Å². The molecule has 1 fully saturated rings. The quantitative estimate of drug-likeness (QED) is 0.108. The molecule has 1 saturated heterocycles. The summed E-state index contributed by atoms with van der Waals surface area (Å²) in [6, 6.07) is 17.2. The number of aromatic nitrogens is 2. The van der Waals surface area contributed by atoms with E-state index in [1.54, 1.807) is 18.3 Å². The van der Waals surface area contributed by atoms with Gasteiger partial charge in [-0.2, -0.15) is 0 Å². The first-order chi connectivity index (χ1) is 23.2. The Bertz CT molecular complexity index is 1950. The number of H-pyrrole nitrogens is 2. The summed E-state index contributed by atoms with van der Waals surface area (Å²) in [5, 5.41) is 27.0. The molecule has 48 heavy (non-hydrogen) atoms. The van der Waals surface area contributed by atoms with E-state index < -0.39 is 42.0 Å². The van der Waals surface area contributed by atoms with Gasteiger partial charge in [-0.05, 0) is 60.2 Å². The molecule has 1 aliphatic rings. The van der Waals surface area contributed by atoms with E-state index >= 15 is 0 Å². The number of nitrogens with zero attached hydrogens (tertiary/aromatic N) is 1. The van der Waals surface area contributed by atoms with Crippen LogP contribution < -0.4 is 16.4 Å². The minimum Gasteiger partial charge on any atom is -0.508 e. The Morgan fingerprint density at radius 1 is 0.812 bits per heavy atom. The molecule has 3 aromatic carbocycles. The number of carbonyl (C=O) groups excluding carboxylic acids is 3. The third kappa shape index (κ3) is 7.03. The number of phenols is 1. The van der Waals surface area contributed by atoms with Crippen LogP contribution >= 0.6 is 0 Å². The molecule has 5 aromatic rings. The lowest BCUT2D eigenvalue weighted by atomic mass is 10.0. The number of rotatable bonds is 12. The van der Waals surface area contributed by atoms with Gasteiger partial charge in [0.15, 0.2) is 0 Å². The number of fused-ring (bicyclic) bond motifs is 2. The summed E-state index contributed by atoms with van der Waals surface area (Å²) in [6.07, 6.45) is 4.86. The van der Waals surface area contributed by atoms with Crippen molar-refractivity contribution < 1.29 is 29.4 Å². The van der Waals surface area contributed by atoms with Crippen molar-refractivity contribution in [3.8, 4) is 5.75 Å². The molecule has 0 aliphatic carbocycles. The van der Waals surface area contributed by atoms with Crippen LogP contribution in [0.2, 0.25) is 0 Å². The highest BCUT2D eigenvalue weighted by atomic mass is 16.4. The van der Waals surface area contributed by atoms with E-state index in [0.717, 1.165) is 32.9 Å². The summed E-state index contributed by atoms with van der Waals surface area (Å²) in [7, 11) is 0. The molecular formula is C36H38N6O6. The van der Waals surface area contributed by atoms with Gasteiger partial charge < -0.3 is 41.4 Å². The molecule has 2 aromatic heterocycles. The molecule has 4 atom stereocenters. The predicted molar refractivity (Wildman–Crippen MR) is 180 cm³/mol. The summed E-state index contributed by atoms with van der Waals surface area (Å²) >= 11 is 0. The second kappa shape index (κ2) is 14.0. The number of hydrogen-bond donors (Lipinski definition) is 7. The normalized spacial score (nSPS) is 16.4. The van der Waals surface area contributed by atoms with E-state index in [0.29, 0.717) is 24.9 Å². The molecule has 3 heterocycles. The first kappa shape index (κ1) is 32.3. The highest BCUT2D eigenvalue weighted by molar-refractivity contribution is 5.95. The molecule has 0 spiro atoms. The van der Waals surface area contributed by atoms with Crippen molar-refractivity contribution in [2.45, 2.75) is 56.3 Å². The average Bonchev–Trinajstić information content (AvgIpc) is 3.84. The standard InChI is InChI=1S/C36H38N6O6/c37-27(17-22-19-38-28-8-3-1-6-25(22)28)35(46)42-15-5-10-32(42)34(45)40-30(16-21-11-13-24(43)14-12-21)33(44)41-31(36(47)48)18-23-20-39-29-9-4-2-7-26(23)29/h1-4,6-9,11-14,19-20,27,30-32,38-39,43H,5,10,15-18,37H2,(H,40,45)(H,41,44)(H,47,48). The lowest BCUT2D eigenvalue weighted by Crippen LogP contribution is -2.57. The van der Waals surface area contributed by atoms with Crippen molar-refractivity contribution in [1.82, 2.24) is 25.5 Å². The summed E-state index contributed by atoms with van der Waals surface area (Å²) < 4.78 is 0. The maximum absolute atomic E-state index is 13.8. The smallest absolute Gasteiger partial charge is 0.326 e. The number of hydrogen-bond acceptors (Lipinski definition) is 6. The van der Waals surface area contributed by atoms with Crippen molar-refractivity contribution >= 4 is 45.5 Å². The third-order valence-corrected chi connectivity index (χ3v) is 8.99. The number of likely N-dealkylation sites (tertiary alicyclic amines) is 1. The first-order valence-corrected chi connectivity index (χ1v) is 16.0. The van der Waals surface area contributed by atoms with Crippen molar-refractivity contribution in [2.24, 2.45) is 5.73 Å². The largest absolute Gasteiger partial charge is 0.508 e. The second-order valence-electron chi connectivity index (χ2n) is 12.3. The number of carboxylic acid groups (broad SMARTS) is 1. The molecule has 4 unspecified atom stereocenters. The van der Waals surface area contributed by atoms with Gasteiger partial charge in [-0.15, -0.1) is 0 Å². The van der Waals surface area contributed by atoms with Crippen molar-refractivity contribution in [1.29, 1.82) is 0 Å². The lowest BCUT2D eigenvalue weighted by Gasteiger charge is -2.29. The van der Waals surface area contributed by atoms with Crippen LogP contribution in [-0.4, -0.2) is 79.5 Å². The minimum absolute atomic E-state index is 0.0180. The van der Waals surface area contributed by atoms with Crippen molar-refractivity contribution in [3.63, 3.8) is 0 Å². The van der Waals surface area contributed by atoms with Gasteiger partial charge in [0.05, 0.1) is 6.04 Å². The van der Waals surface area contributed by atoms with Gasteiger partial charge in [-0.1, -0.05) is 48.5 Å². The first-order valence-electron chi connectivity index (χ1n) is 16.0. The maximum Gasteiger partial charge on any atom is 0.326 e. The Balaban J connectivity index is 1.17. The van der Waals surface area contributed by atoms with Crippen LogP contribution in [0.1, 0.15) is 29.5 Å². The van der Waals surface area contributed by atoms with Crippen LogP contribution in [0.25, 0.3) is 21.8 Å². The van der Waals surface area contributed by atoms with E-state index in [2.05, 4.69) is 20.6 Å². The van der Waals surface area contributed by atoms with Crippen LogP contribution in [0.5, 0.6) is 5.75 Å². The van der Waals surface area contributed by atoms with Gasteiger partial charge in [0.25, 0.3) is 0 Å². The Morgan fingerprint density at radius 3 is 2.04 bits per heavy atom. The second-order valence-corrected chi connectivity index (χ2v) is 12.3. The Morgan fingerprint density at radius 2 is 1.42 bits per heavy atom. The van der Waals surface area contributed by atoms with E-state index in [1.807, 2.05) is 54.7 Å². The number of para-hydroxylation sites is 2. The van der Waals surface area contributed by atoms with E-state index in [9.17, 15) is 29.4 Å². The number of aromatic hydroxyl groups is 1. The number of nitrogens with one attached hydrogen (secondary N) is 4. The molecular weight excluding hydrogens is 612 g/mol. The third-order valence-electron chi connectivity index (χ3n) is 8.99. The number of carbonyl (C=O) groups is 4. The molecule has 1 aliphatic heterocycles. The van der Waals surface area contributed by atoms with Crippen LogP contribution in [0.15, 0.2) is 85.2 Å². The maximum atomic E-state index is 13.8. The van der Waals surface area contributed by atoms with Crippen molar-refractivity contribution in [2.75, 3.05) is 6.54 Å². The number of benzene rings is 3. The van der Waals surface area contributed by atoms with Crippen LogP contribution in [0.4, 0.5) is 0 Å². The highest BCUT2D eigenvalue weighted by Crippen LogP contribution is 2.23. The van der Waals surface area contributed by atoms with Crippen molar-refractivity contribution in [3.05, 3.63) is 102 Å². The molecule has 0 radical (unpaired) electrons. The zero-order valence-electron chi connectivity index (χ0n) is 26.2. The number of amides is 3. The molecule has 248 valence electrons. The molecule has 0 bridgehead atoms. The molecule has 12 nitrogen and oxygen atoms in total. The number of aliphatic carboxylic acids is 1. The molecule has 8 N–H and O–H groups in total. The fraction of sp³-hybridized carbons (Fsp3) is 0.278. The summed E-state index contributed by atoms with van der Waals surface area (Å²) in [6.45, 7) is 0.346. The van der Waals surface area contributed by atoms with E-state index in [-0.39, 0.29) is 30.9 Å². The number of carboxylic acids is 1. The predicted octanol–water partition coefficient (Wildman–Crippen LogP) is 2.76. The number of aromatic amines is 2. The van der Waals surface area contributed by atoms with Gasteiger partial charge in [0.2, 0.25) is 17.7 Å². The van der Waals surface area contributed by atoms with Crippen LogP contribution in [0, 0.1) is 0 Å². The molecule has 12 heteroatoms. The van der Waals surface area contributed by atoms with Crippen LogP contribution in [0.3, 0.4) is 0 Å². The van der Waals surface area contributed by atoms with Gasteiger partial charge in [-0.25, -0.2) is 4.79 Å². The summed E-state index contributed by atoms with van der Waals surface area (Å²) in [4.78, 5) is 61.2. The lowest BCUT2D eigenvalue weighted by molar-refractivity contribution is -0.143. The SMILES string of the molecule is NC(Cc1c[nH]c2ccccc12)C(=O)N1CCCC1C(=O)NC(Cc1ccc(O)cc1)C(=O)NC(Cc1c[nH]c2ccccc12)C(=O)O. The highest BCUT2D eigenvalue weighted by Gasteiger charge is 2.38. The number of nitrogens with two attached hydrogens (primary N) is 1. The van der Waals surface area contributed by atoms with Gasteiger partial charge >= 0.3 is 5.97 Å². The summed E-state index contributed by atoms with van der Waals surface area (Å²) in [5.41, 5.74) is 10.4. The average molecular weight is 651 g/mol. The topological polar surface area (TPSA) is 194 Å². The summed E-state index contributed by atoms with van der Waals surface area (Å²) in [5.74, 6) is -2.75. The zero-order chi connectivity index (χ0) is 33.8. The molecule has 6 rings (SSSR count). The zero-order valence-corrected chi connectivity index (χ0v) is 26.2. The Labute approximate surface area is 276 Å². The van der Waals surface area contributed by atoms with Crippen LogP contribution in [-0.2, 0) is 38.4 Å².